The maximum atomic E-state index is 12.5. The maximum Gasteiger partial charge on any atom is 0.155 e. The van der Waals surface area contributed by atoms with Crippen LogP contribution in [0.5, 0.6) is 0 Å². The molecule has 2 N–H and O–H groups in total. The molecule has 134 valence electrons. The summed E-state index contributed by atoms with van der Waals surface area (Å²) in [7, 11) is -3.09. The summed E-state index contributed by atoms with van der Waals surface area (Å²) in [6.45, 7) is 5.26. The predicted molar refractivity (Wildman–Crippen MR) is 98.6 cm³/mol. The second kappa shape index (κ2) is 7.26. The van der Waals surface area contributed by atoms with Crippen LogP contribution in [0, 0.1) is 11.8 Å². The Bertz CT molecular complexity index is 681. The quantitative estimate of drug-likeness (QED) is 0.825. The SMILES string of the molecule is CC(C)(C)S(=O)(=O)CC1CCC(C(=O)Cc2cccc(N)c2)CC1. The summed E-state index contributed by atoms with van der Waals surface area (Å²) in [6, 6.07) is 7.45. The first kappa shape index (κ1) is 19.0. The van der Waals surface area contributed by atoms with E-state index in [2.05, 4.69) is 0 Å². The number of hydrogen-bond donors (Lipinski definition) is 1. The minimum atomic E-state index is -3.09. The molecule has 1 saturated carbocycles. The molecule has 0 heterocycles. The van der Waals surface area contributed by atoms with Gasteiger partial charge in [-0.05, 0) is 70.1 Å². The molecule has 2 rings (SSSR count). The molecule has 0 atom stereocenters. The Kier molecular flexibility index (Phi) is 5.74. The summed E-state index contributed by atoms with van der Waals surface area (Å²) in [5, 5.41) is 0. The van der Waals surface area contributed by atoms with E-state index >= 15 is 0 Å². The highest BCUT2D eigenvalue weighted by molar-refractivity contribution is 7.92. The molecule has 0 radical (unpaired) electrons. The number of ketones is 1. The Hall–Kier alpha value is -1.36. The molecule has 0 saturated heterocycles. The molecular weight excluding hydrogens is 322 g/mol. The van der Waals surface area contributed by atoms with Crippen LogP contribution in [0.15, 0.2) is 24.3 Å². The van der Waals surface area contributed by atoms with E-state index < -0.39 is 14.6 Å². The van der Waals surface area contributed by atoms with Gasteiger partial charge in [0, 0.05) is 18.0 Å². The van der Waals surface area contributed by atoms with Crippen LogP contribution in [0.4, 0.5) is 5.69 Å². The fourth-order valence-electron chi connectivity index (χ4n) is 3.26. The highest BCUT2D eigenvalue weighted by atomic mass is 32.2. The molecular formula is C19H29NO3S. The summed E-state index contributed by atoms with van der Waals surface area (Å²) < 4.78 is 24.0. The molecule has 0 bridgehead atoms. The Morgan fingerprint density at radius 1 is 1.17 bits per heavy atom. The molecule has 1 aromatic carbocycles. The molecule has 4 nitrogen and oxygen atoms in total. The van der Waals surface area contributed by atoms with Gasteiger partial charge in [-0.2, -0.15) is 0 Å². The summed E-state index contributed by atoms with van der Waals surface area (Å²) in [5.74, 6) is 0.732. The second-order valence-electron chi connectivity index (χ2n) is 8.00. The Balaban J connectivity index is 1.87. The number of hydrogen-bond acceptors (Lipinski definition) is 4. The van der Waals surface area contributed by atoms with Crippen molar-refractivity contribution in [2.75, 3.05) is 11.5 Å². The van der Waals surface area contributed by atoms with Crippen molar-refractivity contribution in [1.29, 1.82) is 0 Å². The highest BCUT2D eigenvalue weighted by Gasteiger charge is 2.34. The van der Waals surface area contributed by atoms with Crippen molar-refractivity contribution in [3.8, 4) is 0 Å². The van der Waals surface area contributed by atoms with Gasteiger partial charge in [0.2, 0.25) is 0 Å². The lowest BCUT2D eigenvalue weighted by Crippen LogP contribution is -2.35. The Labute approximate surface area is 145 Å². The van der Waals surface area contributed by atoms with Gasteiger partial charge < -0.3 is 5.73 Å². The van der Waals surface area contributed by atoms with E-state index in [4.69, 9.17) is 5.73 Å². The normalized spacial score (nSPS) is 22.3. The highest BCUT2D eigenvalue weighted by Crippen LogP contribution is 2.33. The number of sulfone groups is 1. The average Bonchev–Trinajstić information content (AvgIpc) is 2.46. The first-order chi connectivity index (χ1) is 11.1. The molecule has 24 heavy (non-hydrogen) atoms. The van der Waals surface area contributed by atoms with Crippen LogP contribution < -0.4 is 5.73 Å². The van der Waals surface area contributed by atoms with Crippen LogP contribution in [0.25, 0.3) is 0 Å². The molecule has 5 heteroatoms. The fourth-order valence-corrected chi connectivity index (χ4v) is 4.71. The van der Waals surface area contributed by atoms with Gasteiger partial charge in [0.25, 0.3) is 0 Å². The molecule has 1 aromatic rings. The lowest BCUT2D eigenvalue weighted by molar-refractivity contribution is -0.123. The number of rotatable bonds is 5. The first-order valence-corrected chi connectivity index (χ1v) is 10.3. The van der Waals surface area contributed by atoms with Crippen molar-refractivity contribution in [3.63, 3.8) is 0 Å². The standard InChI is InChI=1S/C19H29NO3S/c1-19(2,3)24(22,23)13-14-7-9-16(10-8-14)18(21)12-15-5-4-6-17(20)11-15/h4-6,11,14,16H,7-10,12-13,20H2,1-3H3. The zero-order chi connectivity index (χ0) is 18.0. The van der Waals surface area contributed by atoms with Gasteiger partial charge in [-0.3, -0.25) is 4.79 Å². The monoisotopic (exact) mass is 351 g/mol. The van der Waals surface area contributed by atoms with Crippen LogP contribution in [0.1, 0.15) is 52.0 Å². The zero-order valence-electron chi connectivity index (χ0n) is 14.9. The van der Waals surface area contributed by atoms with Crippen molar-refractivity contribution in [2.45, 2.75) is 57.6 Å². The average molecular weight is 352 g/mol. The number of benzene rings is 1. The van der Waals surface area contributed by atoms with Crippen LogP contribution in [0.2, 0.25) is 0 Å². The van der Waals surface area contributed by atoms with Crippen LogP contribution >= 0.6 is 0 Å². The molecule has 0 unspecified atom stereocenters. The molecule has 1 aliphatic carbocycles. The van der Waals surface area contributed by atoms with Gasteiger partial charge in [-0.25, -0.2) is 8.42 Å². The summed E-state index contributed by atoms with van der Waals surface area (Å²) in [4.78, 5) is 12.5. The van der Waals surface area contributed by atoms with Gasteiger partial charge in [-0.1, -0.05) is 12.1 Å². The van der Waals surface area contributed by atoms with Crippen molar-refractivity contribution >= 4 is 21.3 Å². The van der Waals surface area contributed by atoms with Crippen molar-refractivity contribution in [1.82, 2.24) is 0 Å². The van der Waals surface area contributed by atoms with Gasteiger partial charge >= 0.3 is 0 Å². The Morgan fingerprint density at radius 3 is 2.33 bits per heavy atom. The van der Waals surface area contributed by atoms with Crippen LogP contribution in [-0.4, -0.2) is 24.7 Å². The van der Waals surface area contributed by atoms with E-state index in [1.54, 1.807) is 20.8 Å². The lowest BCUT2D eigenvalue weighted by atomic mass is 9.79. The van der Waals surface area contributed by atoms with Crippen molar-refractivity contribution < 1.29 is 13.2 Å². The van der Waals surface area contributed by atoms with E-state index in [-0.39, 0.29) is 23.4 Å². The number of carbonyl (C=O) groups excluding carboxylic acids is 1. The van der Waals surface area contributed by atoms with E-state index in [1.165, 1.54) is 0 Å². The number of Topliss-reactive ketones (excluding diaryl/α,β-unsaturated/α-hetero) is 1. The minimum Gasteiger partial charge on any atom is -0.399 e. The van der Waals surface area contributed by atoms with Gasteiger partial charge in [0.15, 0.2) is 9.84 Å². The fraction of sp³-hybridized carbons (Fsp3) is 0.632. The molecule has 0 aliphatic heterocycles. The summed E-state index contributed by atoms with van der Waals surface area (Å²) in [6.07, 6.45) is 3.66. The molecule has 0 aromatic heterocycles. The van der Waals surface area contributed by atoms with Crippen molar-refractivity contribution in [3.05, 3.63) is 29.8 Å². The number of nitrogens with two attached hydrogens (primary N) is 1. The third kappa shape index (κ3) is 4.82. The van der Waals surface area contributed by atoms with E-state index in [1.807, 2.05) is 24.3 Å². The Morgan fingerprint density at radius 2 is 1.79 bits per heavy atom. The topological polar surface area (TPSA) is 77.2 Å². The molecule has 0 spiro atoms. The second-order valence-corrected chi connectivity index (χ2v) is 10.8. The van der Waals surface area contributed by atoms with E-state index in [0.717, 1.165) is 31.2 Å². The number of nitrogen functional groups attached to an aromatic ring is 1. The van der Waals surface area contributed by atoms with Gasteiger partial charge in [0.1, 0.15) is 5.78 Å². The largest absolute Gasteiger partial charge is 0.399 e. The summed E-state index contributed by atoms with van der Waals surface area (Å²) >= 11 is 0. The predicted octanol–water partition coefficient (Wildman–Crippen LogP) is 3.40. The number of carbonyl (C=O) groups is 1. The van der Waals surface area contributed by atoms with Crippen LogP contribution in [0.3, 0.4) is 0 Å². The third-order valence-electron chi connectivity index (χ3n) is 5.02. The van der Waals surface area contributed by atoms with Crippen LogP contribution in [-0.2, 0) is 21.1 Å². The van der Waals surface area contributed by atoms with Gasteiger partial charge in [0.05, 0.1) is 10.5 Å². The third-order valence-corrected chi connectivity index (χ3v) is 7.80. The first-order valence-electron chi connectivity index (χ1n) is 8.68. The van der Waals surface area contributed by atoms with E-state index in [0.29, 0.717) is 12.1 Å². The number of anilines is 1. The molecule has 1 aliphatic rings. The maximum absolute atomic E-state index is 12.5. The molecule has 0 amide bonds. The van der Waals surface area contributed by atoms with Gasteiger partial charge in [-0.15, -0.1) is 0 Å². The minimum absolute atomic E-state index is 0.0556. The molecule has 1 fully saturated rings. The lowest BCUT2D eigenvalue weighted by Gasteiger charge is -2.30. The smallest absolute Gasteiger partial charge is 0.155 e. The summed E-state index contributed by atoms with van der Waals surface area (Å²) in [5.41, 5.74) is 7.39. The van der Waals surface area contributed by atoms with E-state index in [9.17, 15) is 13.2 Å². The zero-order valence-corrected chi connectivity index (χ0v) is 15.7. The van der Waals surface area contributed by atoms with Crippen molar-refractivity contribution in [2.24, 2.45) is 11.8 Å².